The molecular weight excluding hydrogens is 216 g/mol. The highest BCUT2D eigenvalue weighted by atomic mass is 16.5. The molecule has 1 unspecified atom stereocenters. The fourth-order valence-electron chi connectivity index (χ4n) is 2.06. The maximum atomic E-state index is 11.2. The molecule has 1 aromatic carbocycles. The zero-order valence-corrected chi connectivity index (χ0v) is 10.5. The number of hydrogen-bond donors (Lipinski definition) is 1. The van der Waals surface area contributed by atoms with Crippen LogP contribution in [0.25, 0.3) is 0 Å². The minimum atomic E-state index is -0.00175. The quantitative estimate of drug-likeness (QED) is 0.847. The lowest BCUT2D eigenvalue weighted by Crippen LogP contribution is -2.30. The van der Waals surface area contributed by atoms with Gasteiger partial charge in [0, 0.05) is 38.7 Å². The number of nitrogens with zero attached hydrogens (tertiary/aromatic N) is 1. The Hall–Kier alpha value is -1.71. The van der Waals surface area contributed by atoms with Crippen molar-refractivity contribution < 1.29 is 9.53 Å². The van der Waals surface area contributed by atoms with Gasteiger partial charge in [-0.2, -0.15) is 0 Å². The fourth-order valence-corrected chi connectivity index (χ4v) is 2.06. The average Bonchev–Trinajstić information content (AvgIpc) is 2.28. The second kappa shape index (κ2) is 4.65. The molecule has 0 saturated carbocycles. The fraction of sp³-hybridized carbons (Fsp3) is 0.462. The van der Waals surface area contributed by atoms with Crippen molar-refractivity contribution in [3.63, 3.8) is 0 Å². The van der Waals surface area contributed by atoms with E-state index in [0.717, 1.165) is 23.4 Å². The van der Waals surface area contributed by atoms with Crippen LogP contribution in [0.3, 0.4) is 0 Å². The second-order valence-corrected chi connectivity index (χ2v) is 4.51. The van der Waals surface area contributed by atoms with E-state index in [0.29, 0.717) is 6.61 Å². The molecule has 0 radical (unpaired) electrons. The van der Waals surface area contributed by atoms with Crippen molar-refractivity contribution >= 4 is 11.6 Å². The number of carbonyl (C=O) groups excluding carboxylic acids is 1. The largest absolute Gasteiger partial charge is 0.493 e. The van der Waals surface area contributed by atoms with Gasteiger partial charge in [-0.3, -0.25) is 4.79 Å². The second-order valence-electron chi connectivity index (χ2n) is 4.51. The molecule has 0 bridgehead atoms. The van der Waals surface area contributed by atoms with Gasteiger partial charge in [0.2, 0.25) is 5.91 Å². The minimum absolute atomic E-state index is 0.00175. The first-order valence-corrected chi connectivity index (χ1v) is 5.79. The molecule has 1 aromatic rings. The highest BCUT2D eigenvalue weighted by Gasteiger charge is 2.22. The van der Waals surface area contributed by atoms with Gasteiger partial charge >= 0.3 is 0 Å². The number of fused-ring (bicyclic) bond motifs is 1. The summed E-state index contributed by atoms with van der Waals surface area (Å²) in [6.07, 6.45) is 0.823. The Balaban J connectivity index is 2.33. The Labute approximate surface area is 102 Å². The molecule has 4 heteroatoms. The summed E-state index contributed by atoms with van der Waals surface area (Å²) in [5, 5.41) is 2.97. The van der Waals surface area contributed by atoms with Crippen molar-refractivity contribution in [1.82, 2.24) is 5.32 Å². The number of amides is 1. The summed E-state index contributed by atoms with van der Waals surface area (Å²) in [7, 11) is 4.00. The summed E-state index contributed by atoms with van der Waals surface area (Å²) in [4.78, 5) is 13.2. The van der Waals surface area contributed by atoms with Crippen LogP contribution in [0.15, 0.2) is 18.2 Å². The molecule has 92 valence electrons. The van der Waals surface area contributed by atoms with Gasteiger partial charge in [0.05, 0.1) is 12.6 Å². The maximum absolute atomic E-state index is 11.2. The van der Waals surface area contributed by atoms with E-state index in [-0.39, 0.29) is 11.9 Å². The van der Waals surface area contributed by atoms with Gasteiger partial charge in [0.1, 0.15) is 5.75 Å². The van der Waals surface area contributed by atoms with E-state index in [2.05, 4.69) is 11.4 Å². The number of benzene rings is 1. The van der Waals surface area contributed by atoms with E-state index in [1.165, 1.54) is 0 Å². The zero-order valence-electron chi connectivity index (χ0n) is 10.5. The molecule has 0 aliphatic carbocycles. The third-order valence-corrected chi connectivity index (χ3v) is 2.93. The van der Waals surface area contributed by atoms with Crippen molar-refractivity contribution in [2.75, 3.05) is 25.6 Å². The van der Waals surface area contributed by atoms with Crippen LogP contribution in [-0.4, -0.2) is 26.6 Å². The summed E-state index contributed by atoms with van der Waals surface area (Å²) in [6, 6.07) is 6.14. The van der Waals surface area contributed by atoms with Crippen LogP contribution in [0.2, 0.25) is 0 Å². The van der Waals surface area contributed by atoms with Crippen molar-refractivity contribution in [2.45, 2.75) is 19.4 Å². The van der Waals surface area contributed by atoms with E-state index >= 15 is 0 Å². The molecule has 1 N–H and O–H groups in total. The van der Waals surface area contributed by atoms with Crippen LogP contribution in [-0.2, 0) is 4.79 Å². The Morgan fingerprint density at radius 3 is 2.88 bits per heavy atom. The summed E-state index contributed by atoms with van der Waals surface area (Å²) in [5.74, 6) is 0.874. The van der Waals surface area contributed by atoms with Gasteiger partial charge in [-0.1, -0.05) is 0 Å². The molecule has 1 amide bonds. The molecule has 0 aromatic heterocycles. The number of hydrogen-bond acceptors (Lipinski definition) is 3. The Kier molecular flexibility index (Phi) is 3.22. The van der Waals surface area contributed by atoms with Crippen LogP contribution >= 0.6 is 0 Å². The number of carbonyl (C=O) groups is 1. The zero-order chi connectivity index (χ0) is 12.4. The Morgan fingerprint density at radius 1 is 1.47 bits per heavy atom. The van der Waals surface area contributed by atoms with E-state index < -0.39 is 0 Å². The lowest BCUT2D eigenvalue weighted by Gasteiger charge is -2.27. The number of ether oxygens (including phenoxy) is 1. The summed E-state index contributed by atoms with van der Waals surface area (Å²) in [6.45, 7) is 2.20. The SMILES string of the molecule is CC(=O)NC1CCOc2ccc(N(C)C)cc21. The lowest BCUT2D eigenvalue weighted by molar-refractivity contribution is -0.119. The topological polar surface area (TPSA) is 41.6 Å². The average molecular weight is 234 g/mol. The number of anilines is 1. The molecule has 0 spiro atoms. The monoisotopic (exact) mass is 234 g/mol. The third kappa shape index (κ3) is 2.52. The summed E-state index contributed by atoms with van der Waals surface area (Å²) in [5.41, 5.74) is 2.18. The van der Waals surface area contributed by atoms with Gasteiger partial charge in [0.25, 0.3) is 0 Å². The van der Waals surface area contributed by atoms with Crippen molar-refractivity contribution in [3.8, 4) is 5.75 Å². The van der Waals surface area contributed by atoms with E-state index in [1.54, 1.807) is 6.92 Å². The van der Waals surface area contributed by atoms with Gasteiger partial charge in [-0.25, -0.2) is 0 Å². The van der Waals surface area contributed by atoms with E-state index in [9.17, 15) is 4.79 Å². The highest BCUT2D eigenvalue weighted by Crippen LogP contribution is 2.34. The third-order valence-electron chi connectivity index (χ3n) is 2.93. The standard InChI is InChI=1S/C13H18N2O2/c1-9(16)14-12-6-7-17-13-5-4-10(15(2)3)8-11(12)13/h4-5,8,12H,6-7H2,1-3H3,(H,14,16). The molecule has 1 aliphatic rings. The lowest BCUT2D eigenvalue weighted by atomic mass is 9.99. The van der Waals surface area contributed by atoms with Gasteiger partial charge in [0.15, 0.2) is 0 Å². The van der Waals surface area contributed by atoms with Crippen LogP contribution in [0.5, 0.6) is 5.75 Å². The smallest absolute Gasteiger partial charge is 0.217 e. The van der Waals surface area contributed by atoms with E-state index in [1.807, 2.05) is 31.1 Å². The van der Waals surface area contributed by atoms with E-state index in [4.69, 9.17) is 4.74 Å². The van der Waals surface area contributed by atoms with Gasteiger partial charge in [-0.15, -0.1) is 0 Å². The van der Waals surface area contributed by atoms with Crippen molar-refractivity contribution in [1.29, 1.82) is 0 Å². The van der Waals surface area contributed by atoms with Crippen LogP contribution in [0.1, 0.15) is 24.9 Å². The first-order valence-electron chi connectivity index (χ1n) is 5.79. The summed E-state index contributed by atoms with van der Waals surface area (Å²) < 4.78 is 5.60. The normalized spacial score (nSPS) is 17.9. The van der Waals surface area contributed by atoms with Crippen LogP contribution in [0, 0.1) is 0 Å². The Bertz CT molecular complexity index is 429. The highest BCUT2D eigenvalue weighted by molar-refractivity contribution is 5.73. The predicted octanol–water partition coefficient (Wildman–Crippen LogP) is 1.71. The molecule has 0 saturated heterocycles. The van der Waals surface area contributed by atoms with Crippen LogP contribution < -0.4 is 15.0 Å². The number of nitrogens with one attached hydrogen (secondary N) is 1. The van der Waals surface area contributed by atoms with Gasteiger partial charge in [-0.05, 0) is 18.2 Å². The molecule has 1 aliphatic heterocycles. The number of rotatable bonds is 2. The summed E-state index contributed by atoms with van der Waals surface area (Å²) >= 11 is 0. The molecular formula is C13H18N2O2. The molecule has 2 rings (SSSR count). The van der Waals surface area contributed by atoms with Crippen molar-refractivity contribution in [3.05, 3.63) is 23.8 Å². The van der Waals surface area contributed by atoms with Crippen molar-refractivity contribution in [2.24, 2.45) is 0 Å². The molecule has 1 atom stereocenters. The first-order chi connectivity index (χ1) is 8.08. The molecule has 1 heterocycles. The van der Waals surface area contributed by atoms with Crippen LogP contribution in [0.4, 0.5) is 5.69 Å². The van der Waals surface area contributed by atoms with Gasteiger partial charge < -0.3 is 15.0 Å². The Morgan fingerprint density at radius 2 is 2.24 bits per heavy atom. The molecule has 0 fully saturated rings. The molecule has 4 nitrogen and oxygen atoms in total. The predicted molar refractivity (Wildman–Crippen MR) is 67.4 cm³/mol. The maximum Gasteiger partial charge on any atom is 0.217 e. The minimum Gasteiger partial charge on any atom is -0.493 e. The first kappa shape index (κ1) is 11.8. The molecule has 17 heavy (non-hydrogen) atoms.